The maximum Gasteiger partial charge on any atom is 0.276 e. The molecule has 3 aromatic carbocycles. The summed E-state index contributed by atoms with van der Waals surface area (Å²) >= 11 is 0. The molecular formula is C25H23N3O3. The monoisotopic (exact) mass is 413 g/mol. The van der Waals surface area contributed by atoms with E-state index in [1.54, 1.807) is 0 Å². The van der Waals surface area contributed by atoms with Crippen LogP contribution in [0.5, 0.6) is 5.75 Å². The summed E-state index contributed by atoms with van der Waals surface area (Å²) in [6.45, 7) is 0.322. The van der Waals surface area contributed by atoms with Crippen molar-refractivity contribution in [2.24, 2.45) is 0 Å². The SMILES string of the molecule is O=C(CCn1ccc2ccccc21)NNC(=O)COc1ccccc1-c1ccccc1. The van der Waals surface area contributed by atoms with E-state index in [-0.39, 0.29) is 18.9 Å². The highest BCUT2D eigenvalue weighted by atomic mass is 16.5. The maximum atomic E-state index is 12.1. The van der Waals surface area contributed by atoms with Crippen LogP contribution in [-0.4, -0.2) is 23.0 Å². The van der Waals surface area contributed by atoms with E-state index in [4.69, 9.17) is 4.74 Å². The lowest BCUT2D eigenvalue weighted by molar-refractivity contribution is -0.130. The third kappa shape index (κ3) is 5.11. The van der Waals surface area contributed by atoms with Crippen molar-refractivity contribution in [3.05, 3.63) is 91.1 Å². The maximum absolute atomic E-state index is 12.1. The van der Waals surface area contributed by atoms with Crippen LogP contribution in [0.25, 0.3) is 22.0 Å². The Morgan fingerprint density at radius 3 is 2.35 bits per heavy atom. The summed E-state index contributed by atoms with van der Waals surface area (Å²) in [5, 5.41) is 1.13. The van der Waals surface area contributed by atoms with E-state index in [1.807, 2.05) is 95.7 Å². The minimum atomic E-state index is -0.428. The first-order chi connectivity index (χ1) is 15.2. The molecule has 0 saturated carbocycles. The van der Waals surface area contributed by atoms with Gasteiger partial charge in [-0.25, -0.2) is 0 Å². The van der Waals surface area contributed by atoms with Gasteiger partial charge in [-0.1, -0.05) is 66.7 Å². The molecule has 0 bridgehead atoms. The molecule has 0 radical (unpaired) electrons. The summed E-state index contributed by atoms with van der Waals surface area (Å²) in [5.74, 6) is -0.0897. The van der Waals surface area contributed by atoms with Gasteiger partial charge >= 0.3 is 0 Å². The van der Waals surface area contributed by atoms with Gasteiger partial charge in [0, 0.05) is 30.2 Å². The van der Waals surface area contributed by atoms with E-state index in [2.05, 4.69) is 10.9 Å². The van der Waals surface area contributed by atoms with E-state index in [0.29, 0.717) is 12.3 Å². The summed E-state index contributed by atoms with van der Waals surface area (Å²) in [5.41, 5.74) is 7.83. The molecule has 0 saturated heterocycles. The van der Waals surface area contributed by atoms with Crippen LogP contribution in [0.3, 0.4) is 0 Å². The van der Waals surface area contributed by atoms with Crippen LogP contribution >= 0.6 is 0 Å². The number of aromatic nitrogens is 1. The van der Waals surface area contributed by atoms with Gasteiger partial charge in [-0.3, -0.25) is 20.4 Å². The second-order valence-electron chi connectivity index (χ2n) is 7.07. The van der Waals surface area contributed by atoms with Crippen molar-refractivity contribution in [3.8, 4) is 16.9 Å². The van der Waals surface area contributed by atoms with Gasteiger partial charge < -0.3 is 9.30 Å². The molecule has 2 amide bonds. The summed E-state index contributed by atoms with van der Waals surface area (Å²) in [6, 6.07) is 27.3. The molecule has 0 aliphatic heterocycles. The van der Waals surface area contributed by atoms with E-state index in [9.17, 15) is 9.59 Å². The molecule has 0 aliphatic rings. The first-order valence-electron chi connectivity index (χ1n) is 10.1. The number of carbonyl (C=O) groups excluding carboxylic acids is 2. The topological polar surface area (TPSA) is 72.4 Å². The highest BCUT2D eigenvalue weighted by Gasteiger charge is 2.10. The fourth-order valence-corrected chi connectivity index (χ4v) is 3.39. The van der Waals surface area contributed by atoms with Crippen molar-refractivity contribution in [1.29, 1.82) is 0 Å². The summed E-state index contributed by atoms with van der Waals surface area (Å²) < 4.78 is 7.70. The number of carbonyl (C=O) groups is 2. The average molecular weight is 413 g/mol. The minimum Gasteiger partial charge on any atom is -0.483 e. The van der Waals surface area contributed by atoms with E-state index in [1.165, 1.54) is 0 Å². The van der Waals surface area contributed by atoms with Gasteiger partial charge in [0.1, 0.15) is 5.75 Å². The summed E-state index contributed by atoms with van der Waals surface area (Å²) in [7, 11) is 0. The minimum absolute atomic E-state index is 0.202. The molecule has 156 valence electrons. The van der Waals surface area contributed by atoms with E-state index >= 15 is 0 Å². The van der Waals surface area contributed by atoms with Crippen LogP contribution in [-0.2, 0) is 16.1 Å². The Bertz CT molecular complexity index is 1180. The molecule has 1 heterocycles. The summed E-state index contributed by atoms with van der Waals surface area (Å²) in [6.07, 6.45) is 2.20. The number of hydrazine groups is 1. The van der Waals surface area contributed by atoms with Gasteiger partial charge in [0.05, 0.1) is 0 Å². The standard InChI is InChI=1S/C25H23N3O3/c29-24(15-17-28-16-14-20-10-4-6-12-22(20)28)26-27-25(30)18-31-23-13-7-5-11-21(23)19-8-2-1-3-9-19/h1-14,16H,15,17-18H2,(H,26,29)(H,27,30). The molecule has 6 nitrogen and oxygen atoms in total. The number of benzene rings is 3. The fourth-order valence-electron chi connectivity index (χ4n) is 3.39. The smallest absolute Gasteiger partial charge is 0.276 e. The number of hydrogen-bond acceptors (Lipinski definition) is 3. The van der Waals surface area contributed by atoms with Crippen molar-refractivity contribution in [1.82, 2.24) is 15.4 Å². The number of rotatable bonds is 7. The highest BCUT2D eigenvalue weighted by Crippen LogP contribution is 2.29. The Balaban J connectivity index is 1.25. The van der Waals surface area contributed by atoms with Crippen molar-refractivity contribution in [2.75, 3.05) is 6.61 Å². The average Bonchev–Trinajstić information content (AvgIpc) is 3.24. The summed E-state index contributed by atoms with van der Waals surface area (Å²) in [4.78, 5) is 24.2. The van der Waals surface area contributed by atoms with Crippen LogP contribution in [0.4, 0.5) is 0 Å². The lowest BCUT2D eigenvalue weighted by Gasteiger charge is -2.12. The number of amides is 2. The second kappa shape index (κ2) is 9.63. The largest absolute Gasteiger partial charge is 0.483 e. The second-order valence-corrected chi connectivity index (χ2v) is 7.07. The molecule has 31 heavy (non-hydrogen) atoms. The molecular weight excluding hydrogens is 390 g/mol. The van der Waals surface area contributed by atoms with Crippen LogP contribution in [0.1, 0.15) is 6.42 Å². The van der Waals surface area contributed by atoms with Gasteiger partial charge in [-0.15, -0.1) is 0 Å². The van der Waals surface area contributed by atoms with Gasteiger partial charge in [0.2, 0.25) is 5.91 Å². The van der Waals surface area contributed by atoms with Crippen molar-refractivity contribution < 1.29 is 14.3 Å². The van der Waals surface area contributed by atoms with Crippen molar-refractivity contribution in [2.45, 2.75) is 13.0 Å². The molecule has 4 rings (SSSR count). The number of aryl methyl sites for hydroxylation is 1. The van der Waals surface area contributed by atoms with Crippen molar-refractivity contribution >= 4 is 22.7 Å². The third-order valence-electron chi connectivity index (χ3n) is 4.93. The Morgan fingerprint density at radius 1 is 0.774 bits per heavy atom. The lowest BCUT2D eigenvalue weighted by Crippen LogP contribution is -2.44. The van der Waals surface area contributed by atoms with Gasteiger partial charge in [-0.2, -0.15) is 0 Å². The molecule has 0 spiro atoms. The Hall–Kier alpha value is -4.06. The van der Waals surface area contributed by atoms with Crippen LogP contribution in [0.2, 0.25) is 0 Å². The van der Waals surface area contributed by atoms with E-state index in [0.717, 1.165) is 22.0 Å². The number of ether oxygens (including phenoxy) is 1. The zero-order valence-corrected chi connectivity index (χ0v) is 17.0. The third-order valence-corrected chi connectivity index (χ3v) is 4.93. The first-order valence-corrected chi connectivity index (χ1v) is 10.1. The molecule has 2 N–H and O–H groups in total. The molecule has 1 aromatic heterocycles. The van der Waals surface area contributed by atoms with Crippen molar-refractivity contribution in [3.63, 3.8) is 0 Å². The van der Waals surface area contributed by atoms with Gasteiger partial charge in [-0.05, 0) is 29.1 Å². The van der Waals surface area contributed by atoms with Crippen LogP contribution in [0, 0.1) is 0 Å². The molecule has 0 aliphatic carbocycles. The zero-order chi connectivity index (χ0) is 21.5. The van der Waals surface area contributed by atoms with Gasteiger partial charge in [0.25, 0.3) is 5.91 Å². The zero-order valence-electron chi connectivity index (χ0n) is 17.0. The first kappa shape index (κ1) is 20.2. The molecule has 0 atom stereocenters. The van der Waals surface area contributed by atoms with Crippen LogP contribution < -0.4 is 15.6 Å². The number of hydrogen-bond donors (Lipinski definition) is 2. The molecule has 4 aromatic rings. The highest BCUT2D eigenvalue weighted by molar-refractivity contribution is 5.83. The Labute approximate surface area is 180 Å². The molecule has 0 unspecified atom stereocenters. The molecule has 6 heteroatoms. The number of nitrogens with one attached hydrogen (secondary N) is 2. The fraction of sp³-hybridized carbons (Fsp3) is 0.120. The number of nitrogens with zero attached hydrogens (tertiary/aromatic N) is 1. The van der Waals surface area contributed by atoms with E-state index < -0.39 is 5.91 Å². The number of fused-ring (bicyclic) bond motifs is 1. The normalized spacial score (nSPS) is 10.6. The van der Waals surface area contributed by atoms with Crippen LogP contribution in [0.15, 0.2) is 91.1 Å². The Morgan fingerprint density at radius 2 is 1.48 bits per heavy atom. The lowest BCUT2D eigenvalue weighted by atomic mass is 10.1. The predicted molar refractivity (Wildman–Crippen MR) is 120 cm³/mol. The Kier molecular flexibility index (Phi) is 6.28. The van der Waals surface area contributed by atoms with Gasteiger partial charge in [0.15, 0.2) is 6.61 Å². The quantitative estimate of drug-likeness (QED) is 0.451. The molecule has 0 fully saturated rings. The predicted octanol–water partition coefficient (Wildman–Crippen LogP) is 3.92. The number of para-hydroxylation sites is 2.